The third kappa shape index (κ3) is 3.86. The number of nitrogens with two attached hydrogens (primary N) is 1. The molecular formula is C14H22BrN3O. The van der Waals surface area contributed by atoms with Gasteiger partial charge in [0, 0.05) is 23.2 Å². The van der Waals surface area contributed by atoms with Gasteiger partial charge in [0.2, 0.25) is 0 Å². The van der Waals surface area contributed by atoms with Crippen molar-refractivity contribution in [1.82, 2.24) is 0 Å². The summed E-state index contributed by atoms with van der Waals surface area (Å²) in [6.45, 7) is 6.59. The van der Waals surface area contributed by atoms with Gasteiger partial charge in [-0.1, -0.05) is 25.1 Å². The second-order valence-corrected chi connectivity index (χ2v) is 6.06. The van der Waals surface area contributed by atoms with Gasteiger partial charge in [-0.25, -0.2) is 0 Å². The first-order valence-corrected chi connectivity index (χ1v) is 7.17. The zero-order valence-corrected chi connectivity index (χ0v) is 13.5. The van der Waals surface area contributed by atoms with E-state index in [1.165, 1.54) is 0 Å². The molecule has 4 nitrogen and oxygen atoms in total. The molecule has 1 atom stereocenters. The van der Waals surface area contributed by atoms with Gasteiger partial charge in [0.15, 0.2) is 5.84 Å². The number of anilines is 1. The van der Waals surface area contributed by atoms with Crippen molar-refractivity contribution in [3.63, 3.8) is 0 Å². The van der Waals surface area contributed by atoms with Crippen LogP contribution >= 0.6 is 15.9 Å². The summed E-state index contributed by atoms with van der Waals surface area (Å²) < 4.78 is 0.823. The van der Waals surface area contributed by atoms with Crippen molar-refractivity contribution in [3.05, 3.63) is 28.2 Å². The minimum absolute atomic E-state index is 0.117. The number of hydrogen-bond acceptors (Lipinski definition) is 3. The van der Waals surface area contributed by atoms with Gasteiger partial charge in [-0.05, 0) is 47.3 Å². The predicted octanol–water partition coefficient (Wildman–Crippen LogP) is 3.41. The van der Waals surface area contributed by atoms with Crippen LogP contribution in [0.4, 0.5) is 5.69 Å². The van der Waals surface area contributed by atoms with Crippen molar-refractivity contribution >= 4 is 27.5 Å². The van der Waals surface area contributed by atoms with Crippen LogP contribution in [0, 0.1) is 5.92 Å². The van der Waals surface area contributed by atoms with Gasteiger partial charge < -0.3 is 15.8 Å². The van der Waals surface area contributed by atoms with Crippen molar-refractivity contribution in [2.75, 3.05) is 11.9 Å². The average Bonchev–Trinajstić information content (AvgIpc) is 2.35. The van der Waals surface area contributed by atoms with Crippen LogP contribution in [0.15, 0.2) is 27.8 Å². The van der Waals surface area contributed by atoms with Crippen molar-refractivity contribution < 1.29 is 5.21 Å². The van der Waals surface area contributed by atoms with Crippen LogP contribution < -0.4 is 10.6 Å². The van der Waals surface area contributed by atoms with Crippen LogP contribution in [0.5, 0.6) is 0 Å². The van der Waals surface area contributed by atoms with Gasteiger partial charge in [-0.15, -0.1) is 0 Å². The Kier molecular flexibility index (Phi) is 5.66. The lowest BCUT2D eigenvalue weighted by atomic mass is 10.0. The lowest BCUT2D eigenvalue weighted by Crippen LogP contribution is -2.32. The minimum atomic E-state index is 0.117. The molecule has 0 aliphatic rings. The molecule has 0 radical (unpaired) electrons. The van der Waals surface area contributed by atoms with Crippen LogP contribution in [-0.4, -0.2) is 24.1 Å². The Labute approximate surface area is 123 Å². The Balaban J connectivity index is 3.16. The molecule has 106 valence electrons. The molecule has 0 aliphatic heterocycles. The topological polar surface area (TPSA) is 61.8 Å². The van der Waals surface area contributed by atoms with E-state index in [2.05, 4.69) is 46.8 Å². The molecule has 0 fully saturated rings. The molecule has 0 aromatic heterocycles. The first-order chi connectivity index (χ1) is 8.88. The molecule has 0 saturated heterocycles. The number of benzene rings is 1. The highest BCUT2D eigenvalue weighted by molar-refractivity contribution is 9.10. The molecule has 0 saturated carbocycles. The number of amidine groups is 1. The third-order valence-electron chi connectivity index (χ3n) is 3.21. The molecule has 1 aromatic rings. The van der Waals surface area contributed by atoms with Crippen LogP contribution in [0.3, 0.4) is 0 Å². The lowest BCUT2D eigenvalue weighted by molar-refractivity contribution is 0.318. The van der Waals surface area contributed by atoms with Gasteiger partial charge in [-0.2, -0.15) is 0 Å². The Bertz CT molecular complexity index is 460. The Morgan fingerprint density at radius 2 is 2.05 bits per heavy atom. The molecule has 19 heavy (non-hydrogen) atoms. The van der Waals surface area contributed by atoms with E-state index >= 15 is 0 Å². The fraction of sp³-hybridized carbons (Fsp3) is 0.500. The van der Waals surface area contributed by atoms with Gasteiger partial charge in [0.1, 0.15) is 0 Å². The largest absolute Gasteiger partial charge is 0.409 e. The molecule has 1 rings (SSSR count). The molecule has 0 aliphatic carbocycles. The Hall–Kier alpha value is -1.23. The summed E-state index contributed by atoms with van der Waals surface area (Å²) in [6.07, 6.45) is 1.08. The van der Waals surface area contributed by atoms with Crippen LogP contribution in [0.2, 0.25) is 0 Å². The number of nitrogens with zero attached hydrogens (tertiary/aromatic N) is 2. The van der Waals surface area contributed by atoms with E-state index in [0.29, 0.717) is 12.0 Å². The monoisotopic (exact) mass is 327 g/mol. The molecule has 3 N–H and O–H groups in total. The summed E-state index contributed by atoms with van der Waals surface area (Å²) in [5, 5.41) is 12.0. The molecular weight excluding hydrogens is 306 g/mol. The SMILES string of the molecule is CC(C)CC(C)N(C)c1cccc(Br)c1/C(N)=N/O. The van der Waals surface area contributed by atoms with E-state index in [1.807, 2.05) is 25.2 Å². The zero-order chi connectivity index (χ0) is 14.6. The lowest BCUT2D eigenvalue weighted by Gasteiger charge is -2.30. The summed E-state index contributed by atoms with van der Waals surface area (Å²) in [4.78, 5) is 2.16. The van der Waals surface area contributed by atoms with Crippen molar-refractivity contribution in [1.29, 1.82) is 0 Å². The second kappa shape index (κ2) is 6.80. The van der Waals surface area contributed by atoms with E-state index in [1.54, 1.807) is 0 Å². The molecule has 1 unspecified atom stereocenters. The number of hydrogen-bond donors (Lipinski definition) is 2. The predicted molar refractivity (Wildman–Crippen MR) is 84.0 cm³/mol. The standard InChI is InChI=1S/C14H22BrN3O/c1-9(2)8-10(3)18(4)12-7-5-6-11(15)13(12)14(16)17-19/h5-7,9-10,19H,8H2,1-4H3,(H2,16,17). The van der Waals surface area contributed by atoms with Crippen LogP contribution in [-0.2, 0) is 0 Å². The van der Waals surface area contributed by atoms with E-state index in [9.17, 15) is 0 Å². The minimum Gasteiger partial charge on any atom is -0.409 e. The highest BCUT2D eigenvalue weighted by Crippen LogP contribution is 2.29. The van der Waals surface area contributed by atoms with E-state index in [4.69, 9.17) is 10.9 Å². The smallest absolute Gasteiger partial charge is 0.173 e. The first-order valence-electron chi connectivity index (χ1n) is 6.37. The normalized spacial score (nSPS) is 13.7. The summed E-state index contributed by atoms with van der Waals surface area (Å²) in [5.41, 5.74) is 7.46. The molecule has 1 aromatic carbocycles. The molecule has 0 amide bonds. The number of halogens is 1. The van der Waals surface area contributed by atoms with Gasteiger partial charge in [0.05, 0.1) is 5.56 Å². The Morgan fingerprint density at radius 3 is 2.58 bits per heavy atom. The highest BCUT2D eigenvalue weighted by Gasteiger charge is 2.18. The van der Waals surface area contributed by atoms with Gasteiger partial charge in [-0.3, -0.25) is 0 Å². The second-order valence-electron chi connectivity index (χ2n) is 5.21. The summed E-state index contributed by atoms with van der Waals surface area (Å²) in [7, 11) is 2.03. The number of rotatable bonds is 5. The zero-order valence-electron chi connectivity index (χ0n) is 11.9. The quantitative estimate of drug-likeness (QED) is 0.377. The molecule has 0 spiro atoms. The highest BCUT2D eigenvalue weighted by atomic mass is 79.9. The van der Waals surface area contributed by atoms with E-state index in [0.717, 1.165) is 22.1 Å². The van der Waals surface area contributed by atoms with Gasteiger partial charge >= 0.3 is 0 Å². The number of oxime groups is 1. The maximum absolute atomic E-state index is 8.93. The Morgan fingerprint density at radius 1 is 1.42 bits per heavy atom. The maximum atomic E-state index is 8.93. The molecule has 5 heteroatoms. The summed E-state index contributed by atoms with van der Waals surface area (Å²) in [6, 6.07) is 6.19. The van der Waals surface area contributed by atoms with Crippen molar-refractivity contribution in [2.24, 2.45) is 16.8 Å². The van der Waals surface area contributed by atoms with E-state index in [-0.39, 0.29) is 5.84 Å². The first kappa shape index (κ1) is 15.8. The molecule has 0 heterocycles. The van der Waals surface area contributed by atoms with E-state index < -0.39 is 0 Å². The summed E-state index contributed by atoms with van der Waals surface area (Å²) in [5.74, 6) is 0.739. The fourth-order valence-corrected chi connectivity index (χ4v) is 2.75. The third-order valence-corrected chi connectivity index (χ3v) is 3.87. The fourth-order valence-electron chi connectivity index (χ4n) is 2.19. The van der Waals surface area contributed by atoms with Gasteiger partial charge in [0.25, 0.3) is 0 Å². The molecule has 0 bridgehead atoms. The summed E-state index contributed by atoms with van der Waals surface area (Å²) >= 11 is 3.46. The van der Waals surface area contributed by atoms with Crippen molar-refractivity contribution in [2.45, 2.75) is 33.2 Å². The van der Waals surface area contributed by atoms with Crippen LogP contribution in [0.1, 0.15) is 32.8 Å². The maximum Gasteiger partial charge on any atom is 0.173 e. The average molecular weight is 328 g/mol. The van der Waals surface area contributed by atoms with Crippen LogP contribution in [0.25, 0.3) is 0 Å². The van der Waals surface area contributed by atoms with Crippen molar-refractivity contribution in [3.8, 4) is 0 Å².